The molecule has 6 heteroatoms. The predicted molar refractivity (Wildman–Crippen MR) is 107 cm³/mol. The van der Waals surface area contributed by atoms with Gasteiger partial charge in [0.25, 0.3) is 5.91 Å². The Balaban J connectivity index is 1.68. The van der Waals surface area contributed by atoms with E-state index in [1.165, 1.54) is 11.1 Å². The van der Waals surface area contributed by atoms with Crippen LogP contribution in [0.4, 0.5) is 5.00 Å². The summed E-state index contributed by atoms with van der Waals surface area (Å²) in [5, 5.41) is 12.8. The van der Waals surface area contributed by atoms with Crippen LogP contribution in [0.15, 0.2) is 54.6 Å². The van der Waals surface area contributed by atoms with Gasteiger partial charge in [0.05, 0.1) is 9.90 Å². The van der Waals surface area contributed by atoms with Crippen molar-refractivity contribution in [3.63, 3.8) is 0 Å². The minimum absolute atomic E-state index is 0.000345. The molecule has 1 heterocycles. The van der Waals surface area contributed by atoms with Crippen molar-refractivity contribution >= 4 is 39.8 Å². The van der Waals surface area contributed by atoms with Gasteiger partial charge >= 0.3 is 5.97 Å². The first-order valence-corrected chi connectivity index (χ1v) is 9.72. The van der Waals surface area contributed by atoms with Crippen LogP contribution in [0.1, 0.15) is 43.3 Å². The lowest BCUT2D eigenvalue weighted by molar-refractivity contribution is 0.0697. The zero-order chi connectivity index (χ0) is 19.0. The normalized spacial score (nSPS) is 13.4. The summed E-state index contributed by atoms with van der Waals surface area (Å²) in [4.78, 5) is 24.5. The summed E-state index contributed by atoms with van der Waals surface area (Å²) in [5.74, 6) is -1.43. The summed E-state index contributed by atoms with van der Waals surface area (Å²) in [6.45, 7) is 0. The van der Waals surface area contributed by atoms with Crippen LogP contribution in [0, 0.1) is 0 Å². The first kappa shape index (κ1) is 17.8. The van der Waals surface area contributed by atoms with Crippen molar-refractivity contribution in [1.82, 2.24) is 0 Å². The van der Waals surface area contributed by atoms with Crippen LogP contribution < -0.4 is 5.32 Å². The van der Waals surface area contributed by atoms with Crippen LogP contribution in [-0.2, 0) is 12.8 Å². The molecule has 27 heavy (non-hydrogen) atoms. The molecule has 0 unspecified atom stereocenters. The molecule has 0 saturated carbocycles. The number of hydrogen-bond donors (Lipinski definition) is 2. The zero-order valence-electron chi connectivity index (χ0n) is 14.2. The summed E-state index contributed by atoms with van der Waals surface area (Å²) in [6.07, 6.45) is 1.50. The van der Waals surface area contributed by atoms with Crippen LogP contribution in [0.5, 0.6) is 0 Å². The maximum Gasteiger partial charge on any atom is 0.339 e. The van der Waals surface area contributed by atoms with Crippen molar-refractivity contribution in [3.8, 4) is 0 Å². The van der Waals surface area contributed by atoms with Gasteiger partial charge in [-0.05, 0) is 42.0 Å². The predicted octanol–water partition coefficient (Wildman–Crippen LogP) is 5.23. The molecule has 136 valence electrons. The number of carboxylic acid groups (broad SMARTS) is 1. The molecule has 1 aliphatic rings. The van der Waals surface area contributed by atoms with Gasteiger partial charge in [0.15, 0.2) is 0 Å². The van der Waals surface area contributed by atoms with Gasteiger partial charge in [-0.2, -0.15) is 0 Å². The molecular formula is C21H16ClNO3S. The van der Waals surface area contributed by atoms with Crippen LogP contribution in [0.2, 0.25) is 4.34 Å². The highest BCUT2D eigenvalue weighted by atomic mass is 35.5. The van der Waals surface area contributed by atoms with Gasteiger partial charge in [-0.15, -0.1) is 11.3 Å². The van der Waals surface area contributed by atoms with E-state index in [-0.39, 0.29) is 22.4 Å². The fourth-order valence-electron chi connectivity index (χ4n) is 3.61. The lowest BCUT2D eigenvalue weighted by atomic mass is 9.95. The second kappa shape index (κ2) is 7.18. The fourth-order valence-corrected chi connectivity index (χ4v) is 5.09. The topological polar surface area (TPSA) is 66.4 Å². The second-order valence-electron chi connectivity index (χ2n) is 6.49. The highest BCUT2D eigenvalue weighted by molar-refractivity contribution is 7.20. The summed E-state index contributed by atoms with van der Waals surface area (Å²) >= 11 is 7.56. The number of fused-ring (bicyclic) bond motifs is 1. The van der Waals surface area contributed by atoms with E-state index in [2.05, 4.69) is 17.4 Å². The van der Waals surface area contributed by atoms with Crippen molar-refractivity contribution in [1.29, 1.82) is 0 Å². The first-order chi connectivity index (χ1) is 13.0. The standard InChI is InChI=1S/C21H16ClNO3S/c22-18-16(15-10-13-8-4-5-9-14(13)11-15)17(21(25)26)20(27-18)23-19(24)12-6-2-1-3-7-12/h1-9,15H,10-11H2,(H,23,24)(H,25,26). The molecule has 4 nitrogen and oxygen atoms in total. The average molecular weight is 398 g/mol. The van der Waals surface area contributed by atoms with E-state index in [4.69, 9.17) is 11.6 Å². The number of carbonyl (C=O) groups excluding carboxylic acids is 1. The van der Waals surface area contributed by atoms with Crippen LogP contribution in [0.3, 0.4) is 0 Å². The maximum atomic E-state index is 12.5. The van der Waals surface area contributed by atoms with Crippen molar-refractivity contribution in [3.05, 3.63) is 86.8 Å². The number of halogens is 1. The average Bonchev–Trinajstić information content (AvgIpc) is 3.22. The van der Waals surface area contributed by atoms with E-state index in [1.54, 1.807) is 24.3 Å². The largest absolute Gasteiger partial charge is 0.478 e. The highest BCUT2D eigenvalue weighted by Gasteiger charge is 2.32. The summed E-state index contributed by atoms with van der Waals surface area (Å²) in [7, 11) is 0. The lowest BCUT2D eigenvalue weighted by Crippen LogP contribution is -2.14. The number of thiophene rings is 1. The Morgan fingerprint density at radius 3 is 2.19 bits per heavy atom. The first-order valence-electron chi connectivity index (χ1n) is 8.53. The van der Waals surface area contributed by atoms with Crippen molar-refractivity contribution < 1.29 is 14.7 Å². The van der Waals surface area contributed by atoms with Gasteiger partial charge in [0.1, 0.15) is 5.00 Å². The van der Waals surface area contributed by atoms with E-state index in [1.807, 2.05) is 18.2 Å². The molecular weight excluding hydrogens is 382 g/mol. The number of carbonyl (C=O) groups is 2. The monoisotopic (exact) mass is 397 g/mol. The third-order valence-corrected chi connectivity index (χ3v) is 6.18. The summed E-state index contributed by atoms with van der Waals surface area (Å²) in [5.41, 5.74) is 3.63. The quantitative estimate of drug-likeness (QED) is 0.633. The molecule has 1 aliphatic carbocycles. The molecule has 4 rings (SSSR count). The molecule has 3 aromatic rings. The van der Waals surface area contributed by atoms with Crippen LogP contribution >= 0.6 is 22.9 Å². The third-order valence-electron chi connectivity index (χ3n) is 4.84. The molecule has 0 bridgehead atoms. The van der Waals surface area contributed by atoms with E-state index < -0.39 is 5.97 Å². The van der Waals surface area contributed by atoms with Gasteiger partial charge < -0.3 is 10.4 Å². The molecule has 2 N–H and O–H groups in total. The number of amides is 1. The second-order valence-corrected chi connectivity index (χ2v) is 8.12. The van der Waals surface area contributed by atoms with Gasteiger partial charge in [0.2, 0.25) is 0 Å². The van der Waals surface area contributed by atoms with E-state index in [0.717, 1.165) is 24.2 Å². The Bertz CT molecular complexity index is 1000. The minimum Gasteiger partial charge on any atom is -0.478 e. The van der Waals surface area contributed by atoms with Crippen molar-refractivity contribution in [2.45, 2.75) is 18.8 Å². The van der Waals surface area contributed by atoms with Crippen molar-refractivity contribution in [2.75, 3.05) is 5.32 Å². The van der Waals surface area contributed by atoms with E-state index in [0.29, 0.717) is 15.5 Å². The Morgan fingerprint density at radius 1 is 1.00 bits per heavy atom. The van der Waals surface area contributed by atoms with Crippen LogP contribution in [0.25, 0.3) is 0 Å². The summed E-state index contributed by atoms with van der Waals surface area (Å²) < 4.78 is 0.425. The highest BCUT2D eigenvalue weighted by Crippen LogP contribution is 2.46. The number of aromatic carboxylic acids is 1. The number of anilines is 1. The van der Waals surface area contributed by atoms with Gasteiger partial charge in [0, 0.05) is 11.1 Å². The molecule has 1 aromatic heterocycles. The summed E-state index contributed by atoms with van der Waals surface area (Å²) in [6, 6.07) is 16.8. The third kappa shape index (κ3) is 3.36. The lowest BCUT2D eigenvalue weighted by Gasteiger charge is -2.11. The van der Waals surface area contributed by atoms with E-state index in [9.17, 15) is 14.7 Å². The molecule has 0 spiro atoms. The number of nitrogens with one attached hydrogen (secondary N) is 1. The molecule has 0 saturated heterocycles. The molecule has 2 aromatic carbocycles. The fraction of sp³-hybridized carbons (Fsp3) is 0.143. The molecule has 0 aliphatic heterocycles. The molecule has 0 atom stereocenters. The van der Waals surface area contributed by atoms with Crippen LogP contribution in [-0.4, -0.2) is 17.0 Å². The van der Waals surface area contributed by atoms with Crippen molar-refractivity contribution in [2.24, 2.45) is 0 Å². The number of carboxylic acids is 1. The minimum atomic E-state index is -1.08. The molecule has 1 amide bonds. The SMILES string of the molecule is O=C(Nc1sc(Cl)c(C2Cc3ccccc3C2)c1C(=O)O)c1ccccc1. The van der Waals surface area contributed by atoms with Gasteiger partial charge in [-0.1, -0.05) is 54.1 Å². The number of hydrogen-bond acceptors (Lipinski definition) is 3. The van der Waals surface area contributed by atoms with E-state index >= 15 is 0 Å². The zero-order valence-corrected chi connectivity index (χ0v) is 15.8. The van der Waals surface area contributed by atoms with Gasteiger partial charge in [-0.3, -0.25) is 4.79 Å². The smallest absolute Gasteiger partial charge is 0.339 e. The number of rotatable bonds is 4. The molecule has 0 radical (unpaired) electrons. The Morgan fingerprint density at radius 2 is 1.59 bits per heavy atom. The Hall–Kier alpha value is -2.63. The maximum absolute atomic E-state index is 12.5. The number of benzene rings is 2. The molecule has 0 fully saturated rings. The Labute approximate surface area is 165 Å². The Kier molecular flexibility index (Phi) is 4.72. The van der Waals surface area contributed by atoms with Gasteiger partial charge in [-0.25, -0.2) is 4.79 Å².